The standard InChI is InChI=1S/C13H19ClN2O2S/c1-3-4-5-15-13(19)16-11-7-9(14)6-10(8(2)17)12(11)18/h6-8,17-18H,3-5H2,1-2H3,(H2,15,16,19). The molecule has 6 heteroatoms. The summed E-state index contributed by atoms with van der Waals surface area (Å²) >= 11 is 11.1. The van der Waals surface area contributed by atoms with Crippen LogP contribution >= 0.6 is 23.8 Å². The van der Waals surface area contributed by atoms with Crippen molar-refractivity contribution in [3.8, 4) is 5.75 Å². The lowest BCUT2D eigenvalue weighted by Crippen LogP contribution is -2.29. The fraction of sp³-hybridized carbons (Fsp3) is 0.462. The summed E-state index contributed by atoms with van der Waals surface area (Å²) in [5.41, 5.74) is 0.753. The van der Waals surface area contributed by atoms with Gasteiger partial charge in [-0.1, -0.05) is 24.9 Å². The molecule has 0 aliphatic carbocycles. The number of benzene rings is 1. The molecule has 1 aromatic rings. The quantitative estimate of drug-likeness (QED) is 0.382. The summed E-state index contributed by atoms with van der Waals surface area (Å²) < 4.78 is 0. The highest BCUT2D eigenvalue weighted by atomic mass is 35.5. The summed E-state index contributed by atoms with van der Waals surface area (Å²) in [4.78, 5) is 0. The van der Waals surface area contributed by atoms with Crippen LogP contribution in [0.3, 0.4) is 0 Å². The second-order valence-corrected chi connectivity index (χ2v) is 5.15. The summed E-state index contributed by atoms with van der Waals surface area (Å²) in [5, 5.41) is 26.4. The Morgan fingerprint density at radius 2 is 2.16 bits per heavy atom. The summed E-state index contributed by atoms with van der Waals surface area (Å²) in [6.07, 6.45) is 1.29. The molecule has 0 aliphatic rings. The Morgan fingerprint density at radius 3 is 2.74 bits per heavy atom. The molecule has 1 atom stereocenters. The summed E-state index contributed by atoms with van der Waals surface area (Å²) in [7, 11) is 0. The first kappa shape index (κ1) is 16.0. The van der Waals surface area contributed by atoms with Gasteiger partial charge >= 0.3 is 0 Å². The number of aliphatic hydroxyl groups excluding tert-OH is 1. The van der Waals surface area contributed by atoms with E-state index in [0.29, 0.717) is 21.4 Å². The van der Waals surface area contributed by atoms with Crippen molar-refractivity contribution < 1.29 is 10.2 Å². The lowest BCUT2D eigenvalue weighted by atomic mass is 10.1. The molecule has 0 saturated heterocycles. The van der Waals surface area contributed by atoms with Gasteiger partial charge in [0.25, 0.3) is 0 Å². The van der Waals surface area contributed by atoms with Crippen LogP contribution in [0.2, 0.25) is 5.02 Å². The Hall–Kier alpha value is -1.04. The number of hydrogen-bond donors (Lipinski definition) is 4. The van der Waals surface area contributed by atoms with Gasteiger partial charge in [-0.25, -0.2) is 0 Å². The van der Waals surface area contributed by atoms with Crippen molar-refractivity contribution in [1.29, 1.82) is 0 Å². The van der Waals surface area contributed by atoms with Crippen LogP contribution in [0.15, 0.2) is 12.1 Å². The van der Waals surface area contributed by atoms with Crippen LogP contribution in [0.4, 0.5) is 5.69 Å². The maximum absolute atomic E-state index is 10.0. The van der Waals surface area contributed by atoms with Crippen LogP contribution < -0.4 is 10.6 Å². The average molecular weight is 303 g/mol. The van der Waals surface area contributed by atoms with Gasteiger partial charge < -0.3 is 20.8 Å². The number of phenols is 1. The van der Waals surface area contributed by atoms with Crippen LogP contribution in [0.25, 0.3) is 0 Å². The molecule has 0 aliphatic heterocycles. The zero-order valence-corrected chi connectivity index (χ0v) is 12.6. The molecule has 4 nitrogen and oxygen atoms in total. The van der Waals surface area contributed by atoms with Crippen LogP contribution in [0, 0.1) is 0 Å². The number of anilines is 1. The fourth-order valence-electron chi connectivity index (χ4n) is 1.58. The van der Waals surface area contributed by atoms with E-state index >= 15 is 0 Å². The summed E-state index contributed by atoms with van der Waals surface area (Å²) in [6, 6.07) is 3.09. The normalized spacial score (nSPS) is 12.0. The molecular weight excluding hydrogens is 284 g/mol. The van der Waals surface area contributed by atoms with E-state index in [1.165, 1.54) is 6.07 Å². The van der Waals surface area contributed by atoms with Crippen LogP contribution in [0.1, 0.15) is 38.4 Å². The fourth-order valence-corrected chi connectivity index (χ4v) is 2.02. The monoisotopic (exact) mass is 302 g/mol. The van der Waals surface area contributed by atoms with Gasteiger partial charge in [0, 0.05) is 17.1 Å². The Morgan fingerprint density at radius 1 is 1.47 bits per heavy atom. The van der Waals surface area contributed by atoms with Crippen LogP contribution in [-0.2, 0) is 0 Å². The molecule has 1 aromatic carbocycles. The second kappa shape index (κ2) is 7.53. The van der Waals surface area contributed by atoms with E-state index in [4.69, 9.17) is 23.8 Å². The highest BCUT2D eigenvalue weighted by molar-refractivity contribution is 7.80. The Balaban J connectivity index is 2.80. The molecule has 106 valence electrons. The maximum atomic E-state index is 10.0. The van der Waals surface area contributed by atoms with Crippen LogP contribution in [0.5, 0.6) is 5.75 Å². The van der Waals surface area contributed by atoms with E-state index in [0.717, 1.165) is 19.4 Å². The predicted octanol–water partition coefficient (Wildman–Crippen LogP) is 3.19. The first-order valence-electron chi connectivity index (χ1n) is 6.21. The van der Waals surface area contributed by atoms with E-state index in [9.17, 15) is 10.2 Å². The van der Waals surface area contributed by atoms with Crippen molar-refractivity contribution >= 4 is 34.6 Å². The Labute approximate surface area is 123 Å². The predicted molar refractivity (Wildman–Crippen MR) is 82.9 cm³/mol. The van der Waals surface area contributed by atoms with E-state index in [2.05, 4.69) is 17.6 Å². The zero-order chi connectivity index (χ0) is 14.4. The lowest BCUT2D eigenvalue weighted by molar-refractivity contribution is 0.195. The van der Waals surface area contributed by atoms with Crippen molar-refractivity contribution in [1.82, 2.24) is 5.32 Å². The van der Waals surface area contributed by atoms with E-state index < -0.39 is 6.10 Å². The smallest absolute Gasteiger partial charge is 0.170 e. The number of aromatic hydroxyl groups is 1. The highest BCUT2D eigenvalue weighted by Crippen LogP contribution is 2.35. The molecule has 0 heterocycles. The molecular formula is C13H19ClN2O2S. The van der Waals surface area contributed by atoms with E-state index in [-0.39, 0.29) is 5.75 Å². The Kier molecular flexibility index (Phi) is 6.34. The Bertz CT molecular complexity index is 453. The van der Waals surface area contributed by atoms with Crippen molar-refractivity contribution in [3.63, 3.8) is 0 Å². The largest absolute Gasteiger partial charge is 0.505 e. The van der Waals surface area contributed by atoms with Gasteiger partial charge in [-0.15, -0.1) is 0 Å². The SMILES string of the molecule is CCCCNC(=S)Nc1cc(Cl)cc(C(C)O)c1O. The van der Waals surface area contributed by atoms with Crippen molar-refractivity contribution in [2.75, 3.05) is 11.9 Å². The van der Waals surface area contributed by atoms with E-state index in [1.54, 1.807) is 13.0 Å². The van der Waals surface area contributed by atoms with Gasteiger partial charge in [0.2, 0.25) is 0 Å². The first-order valence-corrected chi connectivity index (χ1v) is 6.99. The number of nitrogens with one attached hydrogen (secondary N) is 2. The van der Waals surface area contributed by atoms with Gasteiger partial charge in [-0.05, 0) is 37.7 Å². The zero-order valence-electron chi connectivity index (χ0n) is 11.0. The molecule has 0 bridgehead atoms. The number of phenolic OH excluding ortho intramolecular Hbond substituents is 1. The molecule has 0 saturated carbocycles. The molecule has 1 unspecified atom stereocenters. The second-order valence-electron chi connectivity index (χ2n) is 4.30. The molecule has 1 rings (SSSR count). The number of halogens is 1. The minimum Gasteiger partial charge on any atom is -0.505 e. The van der Waals surface area contributed by atoms with E-state index in [1.807, 2.05) is 0 Å². The minimum atomic E-state index is -0.805. The third-order valence-electron chi connectivity index (χ3n) is 2.62. The third-order valence-corrected chi connectivity index (χ3v) is 3.08. The summed E-state index contributed by atoms with van der Waals surface area (Å²) in [5.74, 6) is -0.0426. The number of thiocarbonyl (C=S) groups is 1. The lowest BCUT2D eigenvalue weighted by Gasteiger charge is -2.15. The van der Waals surface area contributed by atoms with Gasteiger partial charge in [0.15, 0.2) is 5.11 Å². The summed E-state index contributed by atoms with van der Waals surface area (Å²) in [6.45, 7) is 4.43. The van der Waals surface area contributed by atoms with Crippen molar-refractivity contribution in [3.05, 3.63) is 22.7 Å². The number of hydrogen-bond acceptors (Lipinski definition) is 3. The molecule has 19 heavy (non-hydrogen) atoms. The van der Waals surface area contributed by atoms with Crippen molar-refractivity contribution in [2.24, 2.45) is 0 Å². The molecule has 0 amide bonds. The molecule has 0 fully saturated rings. The minimum absolute atomic E-state index is 0.0426. The maximum Gasteiger partial charge on any atom is 0.170 e. The average Bonchev–Trinajstić information content (AvgIpc) is 2.33. The molecule has 4 N–H and O–H groups in total. The number of aliphatic hydroxyl groups is 1. The van der Waals surface area contributed by atoms with Gasteiger partial charge in [-0.2, -0.15) is 0 Å². The topological polar surface area (TPSA) is 64.5 Å². The van der Waals surface area contributed by atoms with Gasteiger partial charge in [0.05, 0.1) is 11.8 Å². The van der Waals surface area contributed by atoms with Gasteiger partial charge in [-0.3, -0.25) is 0 Å². The van der Waals surface area contributed by atoms with Crippen LogP contribution in [-0.4, -0.2) is 21.9 Å². The molecule has 0 radical (unpaired) electrons. The molecule has 0 aromatic heterocycles. The highest BCUT2D eigenvalue weighted by Gasteiger charge is 2.14. The molecule has 0 spiro atoms. The number of unbranched alkanes of at least 4 members (excludes halogenated alkanes) is 1. The first-order chi connectivity index (χ1) is 8.95. The van der Waals surface area contributed by atoms with Crippen molar-refractivity contribution in [2.45, 2.75) is 32.8 Å². The van der Waals surface area contributed by atoms with Gasteiger partial charge in [0.1, 0.15) is 5.75 Å². The third kappa shape index (κ3) is 4.86. The number of rotatable bonds is 5.